The first-order chi connectivity index (χ1) is 46.4. The van der Waals surface area contributed by atoms with Gasteiger partial charge in [-0.05, 0) is 37.5 Å². The van der Waals surface area contributed by atoms with Crippen LogP contribution in [0.4, 0.5) is 0 Å². The molecule has 96 heavy (non-hydrogen) atoms. The van der Waals surface area contributed by atoms with Crippen molar-refractivity contribution in [2.24, 2.45) is 11.8 Å². The number of esters is 4. The molecule has 0 aromatic rings. The SMILES string of the molecule is CCCCCCCCCCCCCCCCCCCCCCC(=O)O[C@H](COC(=O)CCCCCCCCCCCCCCCC)COP(=O)(O)OC[C@@H](O)COP(=O)(O)OC[C@@H](COC(=O)CCCCCCCCCCC(C)C)OC(=O)CCCCCCCCCCC(C)C. The smallest absolute Gasteiger partial charge is 0.462 e. The first-order valence-electron chi connectivity index (χ1n) is 40.0. The third-order valence-electron chi connectivity index (χ3n) is 18.0. The Morgan fingerprint density at radius 3 is 0.708 bits per heavy atom. The Labute approximate surface area is 588 Å². The van der Waals surface area contributed by atoms with Crippen LogP contribution in [0, 0.1) is 11.8 Å². The first kappa shape index (κ1) is 94.1. The van der Waals surface area contributed by atoms with Crippen LogP contribution in [0.1, 0.15) is 401 Å². The third kappa shape index (κ3) is 70.5. The number of carbonyl (C=O) groups excluding carboxylic acids is 4. The molecule has 0 bridgehead atoms. The molecule has 0 aromatic heterocycles. The van der Waals surface area contributed by atoms with Crippen molar-refractivity contribution in [3.8, 4) is 0 Å². The van der Waals surface area contributed by atoms with E-state index in [-0.39, 0.29) is 25.7 Å². The normalized spacial score (nSPS) is 14.0. The van der Waals surface area contributed by atoms with Gasteiger partial charge >= 0.3 is 39.5 Å². The maximum absolute atomic E-state index is 13.1. The second-order valence-corrected chi connectivity index (χ2v) is 31.6. The number of ether oxygens (including phenoxy) is 4. The summed E-state index contributed by atoms with van der Waals surface area (Å²) in [4.78, 5) is 72.8. The molecule has 0 rings (SSSR count). The lowest BCUT2D eigenvalue weighted by molar-refractivity contribution is -0.161. The second kappa shape index (κ2) is 68.8. The van der Waals surface area contributed by atoms with Crippen LogP contribution in [0.3, 0.4) is 0 Å². The van der Waals surface area contributed by atoms with Gasteiger partial charge in [0.2, 0.25) is 0 Å². The Morgan fingerprint density at radius 1 is 0.281 bits per heavy atom. The van der Waals surface area contributed by atoms with E-state index in [1.165, 1.54) is 218 Å². The molecule has 0 aliphatic heterocycles. The maximum atomic E-state index is 13.1. The van der Waals surface area contributed by atoms with Crippen LogP contribution in [0.5, 0.6) is 0 Å². The highest BCUT2D eigenvalue weighted by Gasteiger charge is 2.30. The predicted molar refractivity (Wildman–Crippen MR) is 391 cm³/mol. The lowest BCUT2D eigenvalue weighted by Gasteiger charge is -2.21. The number of phosphoric acid groups is 2. The summed E-state index contributed by atoms with van der Waals surface area (Å²) >= 11 is 0. The van der Waals surface area contributed by atoms with E-state index in [0.717, 1.165) is 102 Å². The van der Waals surface area contributed by atoms with Gasteiger partial charge in [-0.1, -0.05) is 350 Å². The fraction of sp³-hybridized carbons (Fsp3) is 0.948. The van der Waals surface area contributed by atoms with E-state index < -0.39 is 97.5 Å². The maximum Gasteiger partial charge on any atom is 0.472 e. The molecule has 0 heterocycles. The Kier molecular flexibility index (Phi) is 67.4. The van der Waals surface area contributed by atoms with Crippen LogP contribution in [-0.4, -0.2) is 96.7 Å². The van der Waals surface area contributed by atoms with Crippen molar-refractivity contribution in [1.82, 2.24) is 0 Å². The molecule has 0 aliphatic rings. The summed E-state index contributed by atoms with van der Waals surface area (Å²) in [6.07, 6.45) is 57.0. The van der Waals surface area contributed by atoms with E-state index in [1.54, 1.807) is 0 Å². The van der Waals surface area contributed by atoms with Gasteiger partial charge in [-0.2, -0.15) is 0 Å². The van der Waals surface area contributed by atoms with Gasteiger partial charge in [-0.3, -0.25) is 37.3 Å². The van der Waals surface area contributed by atoms with Crippen molar-refractivity contribution in [2.75, 3.05) is 39.6 Å². The zero-order valence-corrected chi connectivity index (χ0v) is 64.5. The topological polar surface area (TPSA) is 237 Å². The van der Waals surface area contributed by atoms with Crippen molar-refractivity contribution in [1.29, 1.82) is 0 Å². The number of rotatable bonds is 76. The average molecular weight is 1410 g/mol. The van der Waals surface area contributed by atoms with Crippen LogP contribution in [0.2, 0.25) is 0 Å². The molecule has 0 spiro atoms. The van der Waals surface area contributed by atoms with Crippen molar-refractivity contribution in [3.05, 3.63) is 0 Å². The molecule has 0 saturated heterocycles. The molecular formula is C77H150O17P2. The van der Waals surface area contributed by atoms with Gasteiger partial charge in [0.05, 0.1) is 26.4 Å². The van der Waals surface area contributed by atoms with E-state index in [4.69, 9.17) is 37.0 Å². The molecular weight excluding hydrogens is 1260 g/mol. The minimum atomic E-state index is -4.96. The number of phosphoric ester groups is 2. The van der Waals surface area contributed by atoms with E-state index in [0.29, 0.717) is 25.7 Å². The van der Waals surface area contributed by atoms with Crippen LogP contribution in [0.15, 0.2) is 0 Å². The Morgan fingerprint density at radius 2 is 0.479 bits per heavy atom. The molecule has 5 atom stereocenters. The highest BCUT2D eigenvalue weighted by Crippen LogP contribution is 2.45. The summed E-state index contributed by atoms with van der Waals surface area (Å²) in [5.74, 6) is -0.672. The number of aliphatic hydroxyl groups is 1. The van der Waals surface area contributed by atoms with Gasteiger partial charge < -0.3 is 33.8 Å². The van der Waals surface area contributed by atoms with E-state index in [1.807, 2.05) is 0 Å². The molecule has 0 fully saturated rings. The zero-order valence-electron chi connectivity index (χ0n) is 62.7. The summed E-state index contributed by atoms with van der Waals surface area (Å²) in [6, 6.07) is 0. The summed E-state index contributed by atoms with van der Waals surface area (Å²) in [5, 5.41) is 10.6. The lowest BCUT2D eigenvalue weighted by Crippen LogP contribution is -2.30. The quantitative estimate of drug-likeness (QED) is 0.0222. The van der Waals surface area contributed by atoms with Crippen molar-refractivity contribution >= 4 is 39.5 Å². The van der Waals surface area contributed by atoms with Crippen LogP contribution in [-0.2, 0) is 65.4 Å². The third-order valence-corrected chi connectivity index (χ3v) is 19.9. The van der Waals surface area contributed by atoms with E-state index >= 15 is 0 Å². The van der Waals surface area contributed by atoms with Crippen molar-refractivity contribution in [2.45, 2.75) is 419 Å². The monoisotopic (exact) mass is 1410 g/mol. The average Bonchev–Trinajstić information content (AvgIpc) is 1.93. The number of hydrogen-bond acceptors (Lipinski definition) is 15. The number of unbranched alkanes of at least 4 members (excludes halogenated alkanes) is 46. The molecule has 0 saturated carbocycles. The Balaban J connectivity index is 5.22. The highest BCUT2D eigenvalue weighted by atomic mass is 31.2. The van der Waals surface area contributed by atoms with E-state index in [2.05, 4.69) is 41.5 Å². The Hall–Kier alpha value is -1.94. The second-order valence-electron chi connectivity index (χ2n) is 28.7. The molecule has 3 N–H and O–H groups in total. The van der Waals surface area contributed by atoms with Crippen LogP contribution in [0.25, 0.3) is 0 Å². The molecule has 17 nitrogen and oxygen atoms in total. The van der Waals surface area contributed by atoms with Gasteiger partial charge in [0.15, 0.2) is 12.2 Å². The van der Waals surface area contributed by atoms with Crippen molar-refractivity contribution < 1.29 is 80.2 Å². The molecule has 19 heteroatoms. The minimum absolute atomic E-state index is 0.104. The largest absolute Gasteiger partial charge is 0.472 e. The summed E-state index contributed by atoms with van der Waals surface area (Å²) in [6.45, 7) is 9.53. The van der Waals surface area contributed by atoms with Gasteiger partial charge in [0.1, 0.15) is 19.3 Å². The first-order valence-corrected chi connectivity index (χ1v) is 43.0. The van der Waals surface area contributed by atoms with Gasteiger partial charge in [-0.25, -0.2) is 9.13 Å². The van der Waals surface area contributed by atoms with E-state index in [9.17, 15) is 43.2 Å². The lowest BCUT2D eigenvalue weighted by atomic mass is 10.0. The van der Waals surface area contributed by atoms with Gasteiger partial charge in [0, 0.05) is 25.7 Å². The zero-order chi connectivity index (χ0) is 70.7. The summed E-state index contributed by atoms with van der Waals surface area (Å²) in [7, 11) is -9.91. The van der Waals surface area contributed by atoms with Gasteiger partial charge in [-0.15, -0.1) is 0 Å². The minimum Gasteiger partial charge on any atom is -0.462 e. The molecule has 570 valence electrons. The number of carbonyl (C=O) groups is 4. The highest BCUT2D eigenvalue weighted by molar-refractivity contribution is 7.47. The summed E-state index contributed by atoms with van der Waals surface area (Å²) < 4.78 is 68.5. The fourth-order valence-corrected chi connectivity index (χ4v) is 13.4. The molecule has 0 amide bonds. The van der Waals surface area contributed by atoms with Crippen LogP contribution >= 0.6 is 15.6 Å². The molecule has 0 aromatic carbocycles. The fourth-order valence-electron chi connectivity index (χ4n) is 11.8. The molecule has 0 aliphatic carbocycles. The summed E-state index contributed by atoms with van der Waals surface area (Å²) in [5.41, 5.74) is 0. The standard InChI is InChI=1S/C77H150O17P2/c1-7-9-11-13-15-17-19-21-23-24-25-26-27-28-30-32-34-43-49-55-61-76(81)93-72(65-87-74(79)59-53-47-41-33-31-29-22-20-18-16-14-12-10-8-2)67-91-95(83,84)89-63-71(78)64-90-96(85,86)92-68-73(94-77(82)62-56-50-44-38-36-40-46-52-58-70(5)6)66-88-75(80)60-54-48-42-37-35-39-45-51-57-69(3)4/h69-73,78H,7-68H2,1-6H3,(H,83,84)(H,85,86)/t71-,72-,73-/m1/s1. The van der Waals surface area contributed by atoms with Gasteiger partial charge in [0.25, 0.3) is 0 Å². The number of aliphatic hydroxyl groups excluding tert-OH is 1. The predicted octanol–water partition coefficient (Wildman–Crippen LogP) is 22.7. The Bertz CT molecular complexity index is 1860. The number of hydrogen-bond donors (Lipinski definition) is 3. The van der Waals surface area contributed by atoms with Crippen molar-refractivity contribution in [3.63, 3.8) is 0 Å². The molecule has 2 unspecified atom stereocenters. The van der Waals surface area contributed by atoms with Crippen LogP contribution < -0.4 is 0 Å². The molecule has 0 radical (unpaired) electrons.